The highest BCUT2D eigenvalue weighted by Gasteiger charge is 2.16. The molecule has 0 aliphatic rings. The summed E-state index contributed by atoms with van der Waals surface area (Å²) in [6.07, 6.45) is 0. The highest BCUT2D eigenvalue weighted by molar-refractivity contribution is 6.08. The maximum Gasteiger partial charge on any atom is 0.277 e. The number of rotatable bonds is 4. The van der Waals surface area contributed by atoms with Crippen LogP contribution >= 0.6 is 0 Å². The molecule has 24 heavy (non-hydrogen) atoms. The minimum Gasteiger partial charge on any atom is -0.355 e. The van der Waals surface area contributed by atoms with Crippen LogP contribution in [0.5, 0.6) is 0 Å². The van der Waals surface area contributed by atoms with Crippen LogP contribution in [0.25, 0.3) is 11.3 Å². The van der Waals surface area contributed by atoms with Gasteiger partial charge in [0.15, 0.2) is 11.5 Å². The Hall–Kier alpha value is -3.41. The molecule has 0 saturated heterocycles. The summed E-state index contributed by atoms with van der Waals surface area (Å²) in [6, 6.07) is 17.7. The Bertz CT molecular complexity index is 872. The third-order valence-electron chi connectivity index (χ3n) is 3.45. The molecule has 120 valence electrons. The average Bonchev–Trinajstić information content (AvgIpc) is 3.12. The van der Waals surface area contributed by atoms with Gasteiger partial charge < -0.3 is 15.2 Å². The summed E-state index contributed by atoms with van der Waals surface area (Å²) >= 11 is 0. The zero-order valence-electron chi connectivity index (χ0n) is 12.9. The number of amides is 2. The normalized spacial score (nSPS) is 10.2. The molecule has 3 rings (SSSR count). The molecule has 6 nitrogen and oxygen atoms in total. The molecule has 0 bridgehead atoms. The van der Waals surface area contributed by atoms with Crippen molar-refractivity contribution in [2.24, 2.45) is 0 Å². The van der Waals surface area contributed by atoms with E-state index < -0.39 is 5.91 Å². The molecular formula is C18H15N3O3. The van der Waals surface area contributed by atoms with Crippen molar-refractivity contribution in [2.45, 2.75) is 0 Å². The lowest BCUT2D eigenvalue weighted by Crippen LogP contribution is -2.21. The maximum absolute atomic E-state index is 12.4. The van der Waals surface area contributed by atoms with Crippen molar-refractivity contribution in [3.05, 3.63) is 71.9 Å². The fourth-order valence-corrected chi connectivity index (χ4v) is 2.23. The van der Waals surface area contributed by atoms with E-state index in [4.69, 9.17) is 4.52 Å². The molecule has 2 amide bonds. The molecule has 1 heterocycles. The quantitative estimate of drug-likeness (QED) is 0.774. The van der Waals surface area contributed by atoms with E-state index in [1.807, 2.05) is 30.3 Å². The van der Waals surface area contributed by atoms with E-state index in [2.05, 4.69) is 15.8 Å². The Labute approximate surface area is 138 Å². The summed E-state index contributed by atoms with van der Waals surface area (Å²) in [6.45, 7) is 0. The first kappa shape index (κ1) is 15.5. The smallest absolute Gasteiger partial charge is 0.277 e. The fraction of sp³-hybridized carbons (Fsp3) is 0.0556. The molecule has 0 fully saturated rings. The number of nitrogens with one attached hydrogen (secondary N) is 2. The van der Waals surface area contributed by atoms with E-state index in [9.17, 15) is 9.59 Å². The van der Waals surface area contributed by atoms with Crippen LogP contribution in [0.1, 0.15) is 20.8 Å². The molecule has 0 aliphatic carbocycles. The molecule has 0 radical (unpaired) electrons. The summed E-state index contributed by atoms with van der Waals surface area (Å²) < 4.78 is 5.22. The highest BCUT2D eigenvalue weighted by Crippen LogP contribution is 2.21. The van der Waals surface area contributed by atoms with Gasteiger partial charge in [-0.3, -0.25) is 9.59 Å². The number of anilines is 1. The van der Waals surface area contributed by atoms with Gasteiger partial charge in [-0.25, -0.2) is 0 Å². The lowest BCUT2D eigenvalue weighted by atomic mass is 10.1. The van der Waals surface area contributed by atoms with E-state index >= 15 is 0 Å². The summed E-state index contributed by atoms with van der Waals surface area (Å²) in [7, 11) is 1.53. The van der Waals surface area contributed by atoms with E-state index in [1.165, 1.54) is 7.05 Å². The topological polar surface area (TPSA) is 84.2 Å². The van der Waals surface area contributed by atoms with Crippen LogP contribution in [-0.2, 0) is 0 Å². The number of nitrogens with zero attached hydrogens (tertiary/aromatic N) is 1. The predicted octanol–water partition coefficient (Wildman–Crippen LogP) is 2.95. The Kier molecular flexibility index (Phi) is 4.38. The van der Waals surface area contributed by atoms with E-state index in [1.54, 1.807) is 30.3 Å². The largest absolute Gasteiger partial charge is 0.355 e. The van der Waals surface area contributed by atoms with Crippen molar-refractivity contribution < 1.29 is 14.1 Å². The van der Waals surface area contributed by atoms with E-state index in [0.717, 1.165) is 5.56 Å². The Balaban J connectivity index is 1.82. The third kappa shape index (κ3) is 3.17. The molecule has 2 aromatic carbocycles. The van der Waals surface area contributed by atoms with Crippen LogP contribution in [0.4, 0.5) is 5.69 Å². The first-order chi connectivity index (χ1) is 11.7. The molecule has 6 heteroatoms. The SMILES string of the molecule is CNC(=O)c1ccccc1NC(=O)c1cc(-c2ccccc2)on1. The number of hydrogen-bond donors (Lipinski definition) is 2. The van der Waals surface area contributed by atoms with Crippen molar-refractivity contribution in [1.29, 1.82) is 0 Å². The number of carbonyl (C=O) groups is 2. The second-order valence-corrected chi connectivity index (χ2v) is 5.02. The second kappa shape index (κ2) is 6.78. The minimum atomic E-state index is -0.447. The number of benzene rings is 2. The molecular weight excluding hydrogens is 306 g/mol. The standard InChI is InChI=1S/C18H15N3O3/c1-19-17(22)13-9-5-6-10-14(13)20-18(23)15-11-16(24-21-15)12-7-3-2-4-8-12/h2-11H,1H3,(H,19,22)(H,20,23). The second-order valence-electron chi connectivity index (χ2n) is 5.02. The molecule has 0 atom stereocenters. The average molecular weight is 321 g/mol. The van der Waals surface area contributed by atoms with Crippen LogP contribution in [0.2, 0.25) is 0 Å². The van der Waals surface area contributed by atoms with Gasteiger partial charge in [-0.2, -0.15) is 0 Å². The molecule has 0 spiro atoms. The summed E-state index contributed by atoms with van der Waals surface area (Å²) in [5.74, 6) is -0.228. The monoisotopic (exact) mass is 321 g/mol. The molecule has 2 N–H and O–H groups in total. The number of hydrogen-bond acceptors (Lipinski definition) is 4. The van der Waals surface area contributed by atoms with Crippen LogP contribution in [0.15, 0.2) is 65.2 Å². The van der Waals surface area contributed by atoms with Gasteiger partial charge in [0.1, 0.15) is 0 Å². The summed E-state index contributed by atoms with van der Waals surface area (Å²) in [5.41, 5.74) is 1.75. The zero-order chi connectivity index (χ0) is 16.9. The third-order valence-corrected chi connectivity index (χ3v) is 3.45. The van der Waals surface area contributed by atoms with E-state index in [-0.39, 0.29) is 11.6 Å². The molecule has 0 saturated carbocycles. The van der Waals surface area contributed by atoms with Gasteiger partial charge in [0.25, 0.3) is 11.8 Å². The van der Waals surface area contributed by atoms with Gasteiger partial charge in [-0.05, 0) is 12.1 Å². The number of carbonyl (C=O) groups excluding carboxylic acids is 2. The van der Waals surface area contributed by atoms with Crippen molar-refractivity contribution in [2.75, 3.05) is 12.4 Å². The van der Waals surface area contributed by atoms with Crippen LogP contribution in [-0.4, -0.2) is 24.0 Å². The predicted molar refractivity (Wildman–Crippen MR) is 89.7 cm³/mol. The van der Waals surface area contributed by atoms with Crippen molar-refractivity contribution in [3.8, 4) is 11.3 Å². The van der Waals surface area contributed by atoms with Crippen LogP contribution in [0, 0.1) is 0 Å². The maximum atomic E-state index is 12.4. The summed E-state index contributed by atoms with van der Waals surface area (Å²) in [4.78, 5) is 24.2. The van der Waals surface area contributed by atoms with Gasteiger partial charge in [0, 0.05) is 18.7 Å². The van der Waals surface area contributed by atoms with Gasteiger partial charge in [-0.1, -0.05) is 47.6 Å². The van der Waals surface area contributed by atoms with E-state index in [0.29, 0.717) is 17.0 Å². The first-order valence-corrected chi connectivity index (χ1v) is 7.33. The Morgan fingerprint density at radius 3 is 2.42 bits per heavy atom. The summed E-state index contributed by atoms with van der Waals surface area (Å²) in [5, 5.41) is 9.02. The Morgan fingerprint density at radius 2 is 1.67 bits per heavy atom. The van der Waals surface area contributed by atoms with Crippen LogP contribution in [0.3, 0.4) is 0 Å². The van der Waals surface area contributed by atoms with Crippen molar-refractivity contribution >= 4 is 17.5 Å². The highest BCUT2D eigenvalue weighted by atomic mass is 16.5. The molecule has 0 unspecified atom stereocenters. The minimum absolute atomic E-state index is 0.139. The first-order valence-electron chi connectivity index (χ1n) is 7.33. The lowest BCUT2D eigenvalue weighted by Gasteiger charge is -2.08. The van der Waals surface area contributed by atoms with Crippen molar-refractivity contribution in [3.63, 3.8) is 0 Å². The zero-order valence-corrected chi connectivity index (χ0v) is 12.9. The van der Waals surface area contributed by atoms with Crippen LogP contribution < -0.4 is 10.6 Å². The number of aromatic nitrogens is 1. The fourth-order valence-electron chi connectivity index (χ4n) is 2.23. The lowest BCUT2D eigenvalue weighted by molar-refractivity contribution is 0.0964. The molecule has 3 aromatic rings. The van der Waals surface area contributed by atoms with Crippen molar-refractivity contribution in [1.82, 2.24) is 10.5 Å². The number of para-hydroxylation sites is 1. The van der Waals surface area contributed by atoms with Gasteiger partial charge >= 0.3 is 0 Å². The van der Waals surface area contributed by atoms with Gasteiger partial charge in [0.2, 0.25) is 0 Å². The van der Waals surface area contributed by atoms with Gasteiger partial charge in [0.05, 0.1) is 11.3 Å². The van der Waals surface area contributed by atoms with Gasteiger partial charge in [-0.15, -0.1) is 0 Å². The molecule has 0 aliphatic heterocycles. The molecule has 1 aromatic heterocycles. The Morgan fingerprint density at radius 1 is 0.958 bits per heavy atom.